The summed E-state index contributed by atoms with van der Waals surface area (Å²) in [5.74, 6) is 3.22. The Morgan fingerprint density at radius 2 is 1.02 bits per heavy atom. The molecule has 2 aromatic heterocycles. The number of anilines is 4. The summed E-state index contributed by atoms with van der Waals surface area (Å²) in [6.45, 7) is 12.9. The predicted octanol–water partition coefficient (Wildman–Crippen LogP) is 8.84. The van der Waals surface area contributed by atoms with Crippen molar-refractivity contribution >= 4 is 51.9 Å². The highest BCUT2D eigenvalue weighted by Gasteiger charge is 2.43. The fourth-order valence-electron chi connectivity index (χ4n) is 6.60. The minimum absolute atomic E-state index is 0.0616. The van der Waals surface area contributed by atoms with Gasteiger partial charge in [0.2, 0.25) is 5.91 Å². The molecule has 0 saturated carbocycles. The fraction of sp³-hybridized carbons (Fsp3) is 0.237. The van der Waals surface area contributed by atoms with Crippen LogP contribution in [0.1, 0.15) is 51.0 Å². The van der Waals surface area contributed by atoms with Crippen LogP contribution in [0.3, 0.4) is 0 Å². The molecule has 0 atom stereocenters. The monoisotopic (exact) mass is 690 g/mol. The number of para-hydroxylation sites is 4. The molecule has 0 radical (unpaired) electrons. The molecule has 4 heterocycles. The molecule has 1 amide bonds. The van der Waals surface area contributed by atoms with Gasteiger partial charge >= 0.3 is 0 Å². The SMILES string of the molecule is Cc1nnc2n1-c1ccccc1N(c1ccc(Cl)cc1)C(=O)C2(C)C.Cc1nnc2n1-c1ccccc1N(c1ccc(Cl)cc1)CC2(C)C. The molecule has 0 unspecified atom stereocenters. The number of carbonyl (C=O) groups excluding carboxylic acids is 1. The van der Waals surface area contributed by atoms with Crippen LogP contribution in [0, 0.1) is 13.8 Å². The van der Waals surface area contributed by atoms with Gasteiger partial charge < -0.3 is 4.90 Å². The third-order valence-corrected chi connectivity index (χ3v) is 9.61. The number of hydrogen-bond donors (Lipinski definition) is 0. The minimum Gasteiger partial charge on any atom is -0.339 e. The number of benzene rings is 4. The topological polar surface area (TPSA) is 85.0 Å². The van der Waals surface area contributed by atoms with Gasteiger partial charge in [-0.15, -0.1) is 20.4 Å². The number of halogens is 2. The molecule has 0 spiro atoms. The van der Waals surface area contributed by atoms with Gasteiger partial charge in [0.15, 0.2) is 5.82 Å². The maximum atomic E-state index is 13.5. The van der Waals surface area contributed by atoms with Crippen LogP contribution in [0.2, 0.25) is 10.0 Å². The summed E-state index contributed by atoms with van der Waals surface area (Å²) < 4.78 is 4.13. The lowest BCUT2D eigenvalue weighted by Gasteiger charge is -2.31. The van der Waals surface area contributed by atoms with Gasteiger partial charge in [-0.2, -0.15) is 0 Å². The molecular weight excluding hydrogens is 655 g/mol. The van der Waals surface area contributed by atoms with E-state index in [9.17, 15) is 4.79 Å². The summed E-state index contributed by atoms with van der Waals surface area (Å²) in [5, 5.41) is 18.7. The van der Waals surface area contributed by atoms with E-state index in [1.807, 2.05) is 80.8 Å². The smallest absolute Gasteiger partial charge is 0.244 e. The molecule has 4 aromatic carbocycles. The summed E-state index contributed by atoms with van der Waals surface area (Å²) in [5.41, 5.74) is 4.84. The molecule has 11 heteroatoms. The standard InChI is InChI=1S/C19H17ClN4O.C19H19ClN4/c1-12-21-22-17-19(2,3)18(25)24(14-10-8-13(20)9-11-14)16-7-5-4-6-15(16)23(12)17;1-13-21-22-18-19(2,3)12-23(15-10-8-14(20)9-11-15)16-6-4-5-7-17(16)24(13)18/h4-11H,1-3H3;4-11H,12H2,1-3H3. The van der Waals surface area contributed by atoms with Gasteiger partial charge in [-0.25, -0.2) is 0 Å². The van der Waals surface area contributed by atoms with E-state index in [2.05, 4.69) is 80.1 Å². The Labute approximate surface area is 295 Å². The maximum Gasteiger partial charge on any atom is 0.244 e. The first-order chi connectivity index (χ1) is 23.4. The highest BCUT2D eigenvalue weighted by atomic mass is 35.5. The van der Waals surface area contributed by atoms with Crippen LogP contribution < -0.4 is 9.80 Å². The van der Waals surface area contributed by atoms with Crippen molar-refractivity contribution in [2.75, 3.05) is 16.3 Å². The van der Waals surface area contributed by atoms with Crippen molar-refractivity contribution in [1.29, 1.82) is 0 Å². The zero-order valence-corrected chi connectivity index (χ0v) is 29.7. The second kappa shape index (κ2) is 12.2. The zero-order valence-electron chi connectivity index (χ0n) is 28.2. The number of amides is 1. The maximum absolute atomic E-state index is 13.5. The first-order valence-corrected chi connectivity index (χ1v) is 16.8. The average molecular weight is 692 g/mol. The molecule has 0 saturated heterocycles. The predicted molar refractivity (Wildman–Crippen MR) is 195 cm³/mol. The molecule has 248 valence electrons. The molecule has 49 heavy (non-hydrogen) atoms. The Morgan fingerprint density at radius 1 is 0.571 bits per heavy atom. The quantitative estimate of drug-likeness (QED) is 0.180. The van der Waals surface area contributed by atoms with E-state index in [1.165, 1.54) is 0 Å². The summed E-state index contributed by atoms with van der Waals surface area (Å²) in [7, 11) is 0. The number of fused-ring (bicyclic) bond motifs is 6. The molecule has 0 aliphatic carbocycles. The third kappa shape index (κ3) is 5.56. The van der Waals surface area contributed by atoms with Gasteiger partial charge in [-0.1, -0.05) is 61.3 Å². The van der Waals surface area contributed by atoms with Crippen LogP contribution in [0.25, 0.3) is 11.4 Å². The zero-order chi connectivity index (χ0) is 34.7. The van der Waals surface area contributed by atoms with Crippen molar-refractivity contribution in [3.63, 3.8) is 0 Å². The minimum atomic E-state index is -0.833. The van der Waals surface area contributed by atoms with Crippen LogP contribution >= 0.6 is 23.2 Å². The van der Waals surface area contributed by atoms with Crippen LogP contribution in [0.5, 0.6) is 0 Å². The van der Waals surface area contributed by atoms with E-state index in [0.29, 0.717) is 10.8 Å². The number of nitrogens with zero attached hydrogens (tertiary/aromatic N) is 8. The summed E-state index contributed by atoms with van der Waals surface area (Å²) in [6.07, 6.45) is 0. The number of hydrogen-bond acceptors (Lipinski definition) is 6. The number of carbonyl (C=O) groups is 1. The van der Waals surface area contributed by atoms with Crippen molar-refractivity contribution < 1.29 is 4.79 Å². The van der Waals surface area contributed by atoms with Gasteiger partial charge in [0.1, 0.15) is 22.9 Å². The van der Waals surface area contributed by atoms with Crippen LogP contribution in [0.15, 0.2) is 97.1 Å². The lowest BCUT2D eigenvalue weighted by Crippen LogP contribution is -2.41. The van der Waals surface area contributed by atoms with E-state index >= 15 is 0 Å². The number of rotatable bonds is 2. The highest BCUT2D eigenvalue weighted by molar-refractivity contribution is 6.31. The Kier molecular flexibility index (Phi) is 8.08. The lowest BCUT2D eigenvalue weighted by molar-refractivity contribution is -0.122. The normalized spacial score (nSPS) is 15.6. The molecule has 8 rings (SSSR count). The number of aromatic nitrogens is 6. The number of aryl methyl sites for hydroxylation is 2. The van der Waals surface area contributed by atoms with Crippen LogP contribution in [0.4, 0.5) is 22.7 Å². The van der Waals surface area contributed by atoms with Crippen molar-refractivity contribution in [1.82, 2.24) is 29.5 Å². The molecular formula is C38H36Cl2N8O. The Bertz CT molecular complexity index is 2180. The van der Waals surface area contributed by atoms with Crippen molar-refractivity contribution in [3.05, 3.63) is 130 Å². The van der Waals surface area contributed by atoms with E-state index in [4.69, 9.17) is 23.2 Å². The first kappa shape index (κ1) is 32.6. The first-order valence-electron chi connectivity index (χ1n) is 16.1. The molecule has 2 aliphatic rings. The van der Waals surface area contributed by atoms with Crippen molar-refractivity contribution in [2.24, 2.45) is 0 Å². The van der Waals surface area contributed by atoms with Gasteiger partial charge in [-0.3, -0.25) is 18.8 Å². The molecule has 6 aromatic rings. The molecule has 0 N–H and O–H groups in total. The average Bonchev–Trinajstić information content (AvgIpc) is 3.64. The largest absolute Gasteiger partial charge is 0.339 e. The van der Waals surface area contributed by atoms with Gasteiger partial charge in [0.25, 0.3) is 0 Å². The van der Waals surface area contributed by atoms with Gasteiger partial charge in [0, 0.05) is 33.4 Å². The second-order valence-corrected chi connectivity index (χ2v) is 14.4. The van der Waals surface area contributed by atoms with E-state index in [1.54, 1.807) is 17.0 Å². The lowest BCUT2D eigenvalue weighted by atomic mass is 9.90. The summed E-state index contributed by atoms with van der Waals surface area (Å²) in [6, 6.07) is 31.5. The van der Waals surface area contributed by atoms with Gasteiger partial charge in [0.05, 0.1) is 22.7 Å². The van der Waals surface area contributed by atoms with Crippen LogP contribution in [-0.4, -0.2) is 42.0 Å². The fourth-order valence-corrected chi connectivity index (χ4v) is 6.85. The Hall–Kier alpha value is -4.99. The van der Waals surface area contributed by atoms with Crippen LogP contribution in [-0.2, 0) is 15.6 Å². The summed E-state index contributed by atoms with van der Waals surface area (Å²) >= 11 is 12.1. The third-order valence-electron chi connectivity index (χ3n) is 9.11. The van der Waals surface area contributed by atoms with Crippen molar-refractivity contribution in [2.45, 2.75) is 52.4 Å². The Morgan fingerprint density at radius 3 is 1.59 bits per heavy atom. The molecule has 0 bridgehead atoms. The van der Waals surface area contributed by atoms with Crippen molar-refractivity contribution in [3.8, 4) is 11.4 Å². The molecule has 0 fully saturated rings. The van der Waals surface area contributed by atoms with Gasteiger partial charge in [-0.05, 0) is 100 Å². The van der Waals surface area contributed by atoms with E-state index in [0.717, 1.165) is 63.2 Å². The second-order valence-electron chi connectivity index (χ2n) is 13.5. The van der Waals surface area contributed by atoms with E-state index in [-0.39, 0.29) is 11.3 Å². The summed E-state index contributed by atoms with van der Waals surface area (Å²) in [4.78, 5) is 17.6. The molecule has 9 nitrogen and oxygen atoms in total. The van der Waals surface area contributed by atoms with E-state index < -0.39 is 5.41 Å². The Balaban J connectivity index is 0.000000154. The highest BCUT2D eigenvalue weighted by Crippen LogP contribution is 2.42. The molecule has 2 aliphatic heterocycles.